The van der Waals surface area contributed by atoms with Crippen molar-refractivity contribution in [3.05, 3.63) is 18.2 Å². The lowest BCUT2D eigenvalue weighted by Crippen LogP contribution is -2.02. The molecule has 0 fully saturated rings. The van der Waals surface area contributed by atoms with Crippen LogP contribution in [-0.4, -0.2) is 34.0 Å². The number of ether oxygens (including phenoxy) is 2. The summed E-state index contributed by atoms with van der Waals surface area (Å²) in [5.74, 6) is 0.791. The summed E-state index contributed by atoms with van der Waals surface area (Å²) >= 11 is 0. The van der Waals surface area contributed by atoms with Crippen LogP contribution in [0.1, 0.15) is 0 Å². The summed E-state index contributed by atoms with van der Waals surface area (Å²) < 4.78 is 38.9. The predicted molar refractivity (Wildman–Crippen MR) is 72.6 cm³/mol. The summed E-state index contributed by atoms with van der Waals surface area (Å²) in [7, 11) is -0.602. The minimum Gasteiger partial charge on any atom is -0.493 e. The quantitative estimate of drug-likeness (QED) is 0.908. The molecule has 8 heteroatoms. The molecule has 0 radical (unpaired) electrons. The first kappa shape index (κ1) is 14.2. The van der Waals surface area contributed by atoms with Gasteiger partial charge in [-0.3, -0.25) is 0 Å². The van der Waals surface area contributed by atoms with Crippen molar-refractivity contribution < 1.29 is 22.4 Å². The van der Waals surface area contributed by atoms with Crippen molar-refractivity contribution in [2.45, 2.75) is 4.90 Å². The first-order valence-electron chi connectivity index (χ1n) is 5.55. The number of anilines is 1. The van der Waals surface area contributed by atoms with E-state index in [1.807, 2.05) is 0 Å². The maximum absolute atomic E-state index is 11.9. The molecule has 1 aromatic carbocycles. The summed E-state index contributed by atoms with van der Waals surface area (Å²) in [5, 5.41) is 3.73. The third kappa shape index (κ3) is 2.55. The Bertz CT molecular complexity index is 736. The summed E-state index contributed by atoms with van der Waals surface area (Å²) in [5.41, 5.74) is 6.11. The number of rotatable bonds is 4. The average molecular weight is 298 g/mol. The van der Waals surface area contributed by atoms with Crippen LogP contribution in [-0.2, 0) is 9.84 Å². The Balaban J connectivity index is 2.77. The van der Waals surface area contributed by atoms with Gasteiger partial charge in [0.25, 0.3) is 0 Å². The van der Waals surface area contributed by atoms with Crippen molar-refractivity contribution >= 4 is 15.7 Å². The molecule has 0 amide bonds. The summed E-state index contributed by atoms with van der Waals surface area (Å²) in [6.45, 7) is 0. The molecule has 0 atom stereocenters. The highest BCUT2D eigenvalue weighted by Gasteiger charge is 2.21. The Morgan fingerprint density at radius 2 is 1.75 bits per heavy atom. The van der Waals surface area contributed by atoms with Crippen molar-refractivity contribution in [2.75, 3.05) is 26.2 Å². The van der Waals surface area contributed by atoms with Gasteiger partial charge in [-0.2, -0.15) is 0 Å². The standard InChI is InChI=1S/C12H14N2O5S/c1-17-9-4-7(8-5-12(13)19-14-8)11(20(3,15)16)6-10(9)18-2/h4-6H,13H2,1-3H3. The Hall–Kier alpha value is -2.22. The van der Waals surface area contributed by atoms with Gasteiger partial charge in [-0.15, -0.1) is 0 Å². The highest BCUT2D eigenvalue weighted by atomic mass is 32.2. The zero-order chi connectivity index (χ0) is 14.9. The zero-order valence-corrected chi connectivity index (χ0v) is 12.0. The van der Waals surface area contributed by atoms with Gasteiger partial charge in [0.1, 0.15) is 5.69 Å². The van der Waals surface area contributed by atoms with Crippen LogP contribution >= 0.6 is 0 Å². The van der Waals surface area contributed by atoms with Crippen LogP contribution in [0.5, 0.6) is 11.5 Å². The lowest BCUT2D eigenvalue weighted by molar-refractivity contribution is 0.354. The van der Waals surface area contributed by atoms with Gasteiger partial charge in [-0.25, -0.2) is 8.42 Å². The summed E-state index contributed by atoms with van der Waals surface area (Å²) in [6.07, 6.45) is 1.10. The van der Waals surface area contributed by atoms with E-state index in [-0.39, 0.29) is 10.8 Å². The van der Waals surface area contributed by atoms with Gasteiger partial charge < -0.3 is 19.7 Å². The van der Waals surface area contributed by atoms with E-state index in [0.717, 1.165) is 6.26 Å². The summed E-state index contributed by atoms with van der Waals surface area (Å²) in [4.78, 5) is 0.0588. The van der Waals surface area contributed by atoms with Crippen LogP contribution in [0.15, 0.2) is 27.6 Å². The molecule has 20 heavy (non-hydrogen) atoms. The highest BCUT2D eigenvalue weighted by Crippen LogP contribution is 2.37. The Morgan fingerprint density at radius 1 is 1.15 bits per heavy atom. The minimum absolute atomic E-state index is 0.0588. The number of hydrogen-bond donors (Lipinski definition) is 1. The lowest BCUT2D eigenvalue weighted by Gasteiger charge is -2.12. The van der Waals surface area contributed by atoms with Gasteiger partial charge in [0.2, 0.25) is 5.88 Å². The van der Waals surface area contributed by atoms with E-state index < -0.39 is 9.84 Å². The van der Waals surface area contributed by atoms with Gasteiger partial charge in [0.15, 0.2) is 21.3 Å². The second kappa shape index (κ2) is 5.04. The number of sulfone groups is 1. The SMILES string of the molecule is COc1cc(-c2cc(N)on2)c(S(C)(=O)=O)cc1OC. The van der Waals surface area contributed by atoms with Crippen molar-refractivity contribution in [3.8, 4) is 22.8 Å². The van der Waals surface area contributed by atoms with Crippen LogP contribution in [0.2, 0.25) is 0 Å². The average Bonchev–Trinajstić information content (AvgIpc) is 2.82. The van der Waals surface area contributed by atoms with Crippen LogP contribution in [0.3, 0.4) is 0 Å². The van der Waals surface area contributed by atoms with Crippen molar-refractivity contribution in [2.24, 2.45) is 0 Å². The molecule has 2 rings (SSSR count). The number of nitrogens with zero attached hydrogens (tertiary/aromatic N) is 1. The molecule has 0 bridgehead atoms. The van der Waals surface area contributed by atoms with Crippen molar-refractivity contribution in [1.82, 2.24) is 5.16 Å². The van der Waals surface area contributed by atoms with Gasteiger partial charge >= 0.3 is 0 Å². The number of nitrogen functional groups attached to an aromatic ring is 1. The molecule has 7 nitrogen and oxygen atoms in total. The molecule has 0 spiro atoms. The van der Waals surface area contributed by atoms with Gasteiger partial charge in [-0.05, 0) is 6.07 Å². The normalized spacial score (nSPS) is 11.3. The minimum atomic E-state index is -3.49. The molecule has 0 aliphatic rings. The van der Waals surface area contributed by atoms with Gasteiger partial charge in [0.05, 0.1) is 19.1 Å². The van der Waals surface area contributed by atoms with E-state index in [4.69, 9.17) is 19.7 Å². The molecule has 2 N–H and O–H groups in total. The maximum Gasteiger partial charge on any atom is 0.222 e. The zero-order valence-electron chi connectivity index (χ0n) is 11.2. The molecule has 0 aliphatic heterocycles. The van der Waals surface area contributed by atoms with Gasteiger partial charge in [0, 0.05) is 24.0 Å². The number of hydrogen-bond acceptors (Lipinski definition) is 7. The van der Waals surface area contributed by atoms with Gasteiger partial charge in [-0.1, -0.05) is 5.16 Å². The third-order valence-electron chi connectivity index (χ3n) is 2.69. The fourth-order valence-electron chi connectivity index (χ4n) is 1.78. The van der Waals surface area contributed by atoms with E-state index in [0.29, 0.717) is 22.8 Å². The van der Waals surface area contributed by atoms with Crippen LogP contribution in [0, 0.1) is 0 Å². The molecule has 1 aromatic heterocycles. The van der Waals surface area contributed by atoms with E-state index >= 15 is 0 Å². The molecule has 0 unspecified atom stereocenters. The topological polar surface area (TPSA) is 105 Å². The third-order valence-corrected chi connectivity index (χ3v) is 3.83. The molecular formula is C12H14N2O5S. The first-order chi connectivity index (χ1) is 9.36. The first-order valence-corrected chi connectivity index (χ1v) is 7.44. The smallest absolute Gasteiger partial charge is 0.222 e. The lowest BCUT2D eigenvalue weighted by atomic mass is 10.1. The Morgan fingerprint density at radius 3 is 2.20 bits per heavy atom. The van der Waals surface area contributed by atoms with Crippen LogP contribution in [0.4, 0.5) is 5.88 Å². The maximum atomic E-state index is 11.9. The molecule has 108 valence electrons. The molecule has 1 heterocycles. The molecular weight excluding hydrogens is 284 g/mol. The monoisotopic (exact) mass is 298 g/mol. The Kier molecular flexibility index (Phi) is 3.58. The van der Waals surface area contributed by atoms with Crippen molar-refractivity contribution in [3.63, 3.8) is 0 Å². The second-order valence-electron chi connectivity index (χ2n) is 4.09. The van der Waals surface area contributed by atoms with Crippen LogP contribution in [0.25, 0.3) is 11.3 Å². The molecule has 0 saturated heterocycles. The second-order valence-corrected chi connectivity index (χ2v) is 6.07. The number of nitrogens with two attached hydrogens (primary N) is 1. The fraction of sp³-hybridized carbons (Fsp3) is 0.250. The van der Waals surface area contributed by atoms with Crippen LogP contribution < -0.4 is 15.2 Å². The van der Waals surface area contributed by atoms with E-state index in [1.165, 1.54) is 32.4 Å². The molecule has 0 saturated carbocycles. The summed E-state index contributed by atoms with van der Waals surface area (Å²) in [6, 6.07) is 4.34. The number of methoxy groups -OCH3 is 2. The fourth-order valence-corrected chi connectivity index (χ4v) is 2.67. The van der Waals surface area contributed by atoms with E-state index in [2.05, 4.69) is 5.16 Å². The van der Waals surface area contributed by atoms with E-state index in [1.54, 1.807) is 0 Å². The molecule has 0 aliphatic carbocycles. The Labute approximate surface area is 116 Å². The van der Waals surface area contributed by atoms with Crippen molar-refractivity contribution in [1.29, 1.82) is 0 Å². The highest BCUT2D eigenvalue weighted by molar-refractivity contribution is 7.90. The number of aromatic nitrogens is 1. The largest absolute Gasteiger partial charge is 0.493 e. The number of benzene rings is 1. The van der Waals surface area contributed by atoms with E-state index in [9.17, 15) is 8.42 Å². The molecule has 2 aromatic rings. The predicted octanol–water partition coefficient (Wildman–Crippen LogP) is 1.34.